The van der Waals surface area contributed by atoms with Gasteiger partial charge in [-0.25, -0.2) is 4.98 Å². The van der Waals surface area contributed by atoms with Gasteiger partial charge in [0.15, 0.2) is 0 Å². The Morgan fingerprint density at radius 1 is 1.20 bits per heavy atom. The molecule has 0 saturated carbocycles. The molecule has 1 aromatic heterocycles. The molecule has 0 bridgehead atoms. The number of hydrogen-bond donors (Lipinski definition) is 1. The topological polar surface area (TPSA) is 28.7 Å². The molecule has 76 valence electrons. The van der Waals surface area contributed by atoms with Gasteiger partial charge in [-0.15, -0.1) is 11.8 Å². The maximum Gasteiger partial charge on any atom is 0.117 e. The fourth-order valence-corrected chi connectivity index (χ4v) is 2.13. The summed E-state index contributed by atoms with van der Waals surface area (Å²) in [4.78, 5) is 8.51. The van der Waals surface area contributed by atoms with E-state index in [0.29, 0.717) is 0 Å². The number of benzene rings is 1. The lowest BCUT2D eigenvalue weighted by molar-refractivity contribution is 1.02. The van der Waals surface area contributed by atoms with Gasteiger partial charge in [-0.2, -0.15) is 0 Å². The van der Waals surface area contributed by atoms with Gasteiger partial charge in [0.05, 0.1) is 5.75 Å². The number of rotatable bonds is 3. The molecule has 0 spiro atoms. The van der Waals surface area contributed by atoms with Crippen LogP contribution in [0, 0.1) is 4.64 Å². The van der Waals surface area contributed by atoms with Crippen LogP contribution in [0.15, 0.2) is 47.5 Å². The number of H-pyrrole nitrogens is 1. The Bertz CT molecular complexity index is 479. The van der Waals surface area contributed by atoms with Gasteiger partial charge < -0.3 is 4.98 Å². The fourth-order valence-electron chi connectivity index (χ4n) is 1.15. The Balaban J connectivity index is 2.02. The Kier molecular flexibility index (Phi) is 3.53. The van der Waals surface area contributed by atoms with E-state index in [0.717, 1.165) is 16.2 Å². The minimum absolute atomic E-state index is 0.730. The van der Waals surface area contributed by atoms with Crippen molar-refractivity contribution in [2.45, 2.75) is 10.6 Å². The van der Waals surface area contributed by atoms with E-state index in [9.17, 15) is 0 Å². The summed E-state index contributed by atoms with van der Waals surface area (Å²) in [5.74, 6) is 1.73. The highest BCUT2D eigenvalue weighted by Crippen LogP contribution is 2.20. The van der Waals surface area contributed by atoms with Gasteiger partial charge in [0.25, 0.3) is 0 Å². The van der Waals surface area contributed by atoms with Crippen LogP contribution in [-0.4, -0.2) is 9.97 Å². The zero-order valence-corrected chi connectivity index (χ0v) is 9.65. The van der Waals surface area contributed by atoms with Crippen LogP contribution in [-0.2, 0) is 5.75 Å². The van der Waals surface area contributed by atoms with Crippen LogP contribution in [0.3, 0.4) is 0 Å². The molecule has 1 N–H and O–H groups in total. The molecule has 0 aliphatic carbocycles. The number of nitrogens with zero attached hydrogens (tertiary/aromatic N) is 1. The van der Waals surface area contributed by atoms with E-state index in [2.05, 4.69) is 22.1 Å². The van der Waals surface area contributed by atoms with Crippen molar-refractivity contribution in [3.63, 3.8) is 0 Å². The number of nitrogens with one attached hydrogen (secondary N) is 1. The first kappa shape index (κ1) is 10.4. The van der Waals surface area contributed by atoms with E-state index in [-0.39, 0.29) is 0 Å². The number of aromatic nitrogens is 2. The summed E-state index contributed by atoms with van der Waals surface area (Å²) >= 11 is 6.77. The van der Waals surface area contributed by atoms with Gasteiger partial charge in [0.1, 0.15) is 10.5 Å². The SMILES string of the molecule is S=c1ccnc(CSc2ccccc2)[nH]1. The third-order valence-electron chi connectivity index (χ3n) is 1.84. The summed E-state index contributed by atoms with van der Waals surface area (Å²) in [5, 5.41) is 0. The summed E-state index contributed by atoms with van der Waals surface area (Å²) < 4.78 is 0.730. The van der Waals surface area contributed by atoms with Gasteiger partial charge in [-0.3, -0.25) is 0 Å². The Morgan fingerprint density at radius 2 is 2.00 bits per heavy atom. The van der Waals surface area contributed by atoms with Gasteiger partial charge in [-0.1, -0.05) is 30.4 Å². The van der Waals surface area contributed by atoms with Crippen molar-refractivity contribution in [2.75, 3.05) is 0 Å². The van der Waals surface area contributed by atoms with E-state index in [1.165, 1.54) is 4.90 Å². The van der Waals surface area contributed by atoms with E-state index in [4.69, 9.17) is 12.2 Å². The van der Waals surface area contributed by atoms with E-state index < -0.39 is 0 Å². The van der Waals surface area contributed by atoms with Crippen molar-refractivity contribution < 1.29 is 0 Å². The van der Waals surface area contributed by atoms with Crippen LogP contribution < -0.4 is 0 Å². The lowest BCUT2D eigenvalue weighted by atomic mass is 10.4. The van der Waals surface area contributed by atoms with Crippen molar-refractivity contribution in [2.24, 2.45) is 0 Å². The number of hydrogen-bond acceptors (Lipinski definition) is 3. The van der Waals surface area contributed by atoms with Gasteiger partial charge in [-0.05, 0) is 18.2 Å². The molecule has 0 atom stereocenters. The van der Waals surface area contributed by atoms with Gasteiger partial charge in [0.2, 0.25) is 0 Å². The monoisotopic (exact) mass is 234 g/mol. The molecule has 1 heterocycles. The molecule has 0 aliphatic rings. The molecule has 15 heavy (non-hydrogen) atoms. The molecule has 4 heteroatoms. The molecule has 2 aromatic rings. The van der Waals surface area contributed by atoms with E-state index in [1.807, 2.05) is 18.2 Å². The van der Waals surface area contributed by atoms with Crippen LogP contribution in [0.5, 0.6) is 0 Å². The standard InChI is InChI=1S/C11H10N2S2/c14-11-6-7-12-10(13-11)8-15-9-4-2-1-3-5-9/h1-7H,8H2,(H,12,13,14). The minimum atomic E-state index is 0.730. The maximum atomic E-state index is 5.03. The van der Waals surface area contributed by atoms with Crippen LogP contribution in [0.4, 0.5) is 0 Å². The number of thioether (sulfide) groups is 1. The predicted octanol–water partition coefficient (Wildman–Crippen LogP) is 3.43. The van der Waals surface area contributed by atoms with Crippen LogP contribution >= 0.6 is 24.0 Å². The van der Waals surface area contributed by atoms with Crippen LogP contribution in [0.2, 0.25) is 0 Å². The summed E-state index contributed by atoms with van der Waals surface area (Å²) in [7, 11) is 0. The van der Waals surface area contributed by atoms with Crippen LogP contribution in [0.1, 0.15) is 5.82 Å². The molecule has 0 fully saturated rings. The summed E-state index contributed by atoms with van der Waals surface area (Å²) in [6, 6.07) is 12.0. The van der Waals surface area contributed by atoms with Crippen molar-refractivity contribution in [1.82, 2.24) is 9.97 Å². The fraction of sp³-hybridized carbons (Fsp3) is 0.0909. The zero-order chi connectivity index (χ0) is 10.5. The maximum absolute atomic E-state index is 5.03. The zero-order valence-electron chi connectivity index (χ0n) is 8.01. The molecule has 0 radical (unpaired) electrons. The molecule has 0 saturated heterocycles. The summed E-state index contributed by atoms with van der Waals surface area (Å²) in [5.41, 5.74) is 0. The highest BCUT2D eigenvalue weighted by molar-refractivity contribution is 7.98. The molecule has 0 aliphatic heterocycles. The predicted molar refractivity (Wildman–Crippen MR) is 65.4 cm³/mol. The highest BCUT2D eigenvalue weighted by Gasteiger charge is 1.96. The molecular formula is C11H10N2S2. The van der Waals surface area contributed by atoms with Gasteiger partial charge >= 0.3 is 0 Å². The first-order valence-corrected chi connectivity index (χ1v) is 5.96. The van der Waals surface area contributed by atoms with Gasteiger partial charge in [0, 0.05) is 11.1 Å². The lowest BCUT2D eigenvalue weighted by Crippen LogP contribution is -1.90. The van der Waals surface area contributed by atoms with Crippen molar-refractivity contribution in [3.8, 4) is 0 Å². The Labute approximate surface area is 97.8 Å². The van der Waals surface area contributed by atoms with E-state index in [1.54, 1.807) is 24.0 Å². The molecule has 2 rings (SSSR count). The summed E-state index contributed by atoms with van der Waals surface area (Å²) in [6.45, 7) is 0. The lowest BCUT2D eigenvalue weighted by Gasteiger charge is -2.00. The third-order valence-corrected chi connectivity index (χ3v) is 3.10. The quantitative estimate of drug-likeness (QED) is 0.651. The average molecular weight is 234 g/mol. The third kappa shape index (κ3) is 3.18. The molecule has 2 nitrogen and oxygen atoms in total. The summed E-state index contributed by atoms with van der Waals surface area (Å²) in [6.07, 6.45) is 1.74. The second kappa shape index (κ2) is 5.09. The molecule has 1 aromatic carbocycles. The normalized spacial score (nSPS) is 10.1. The minimum Gasteiger partial charge on any atom is -0.334 e. The highest BCUT2D eigenvalue weighted by atomic mass is 32.2. The first-order chi connectivity index (χ1) is 7.34. The smallest absolute Gasteiger partial charge is 0.117 e. The molecular weight excluding hydrogens is 224 g/mol. The Morgan fingerprint density at radius 3 is 2.73 bits per heavy atom. The first-order valence-electron chi connectivity index (χ1n) is 4.56. The second-order valence-electron chi connectivity index (χ2n) is 2.98. The van der Waals surface area contributed by atoms with Crippen molar-refractivity contribution >= 4 is 24.0 Å². The molecule has 0 unspecified atom stereocenters. The average Bonchev–Trinajstić information content (AvgIpc) is 2.28. The van der Waals surface area contributed by atoms with Crippen molar-refractivity contribution in [3.05, 3.63) is 53.1 Å². The molecule has 0 amide bonds. The largest absolute Gasteiger partial charge is 0.334 e. The number of aromatic amines is 1. The Hall–Kier alpha value is -1.13. The van der Waals surface area contributed by atoms with Crippen LogP contribution in [0.25, 0.3) is 0 Å². The van der Waals surface area contributed by atoms with Crippen molar-refractivity contribution in [1.29, 1.82) is 0 Å². The second-order valence-corrected chi connectivity index (χ2v) is 4.47. The van der Waals surface area contributed by atoms with E-state index >= 15 is 0 Å².